The van der Waals surface area contributed by atoms with Gasteiger partial charge in [0.05, 0.1) is 11.1 Å². The van der Waals surface area contributed by atoms with Crippen molar-refractivity contribution in [1.82, 2.24) is 5.32 Å². The first-order valence-electron chi connectivity index (χ1n) is 9.62. The molecule has 0 bridgehead atoms. The SMILES string of the molecule is CC(C)(C)OC(=O)NC(C(=O)/C=C/c1cc(C(F)(F)F)cc(C(F)(F)F)c1)c1ccccc1. The molecule has 0 spiro atoms. The molecular weight excluding hydrogens is 452 g/mol. The first kappa shape index (κ1) is 26.0. The normalized spacial score (nSPS) is 13.6. The molecule has 0 radical (unpaired) electrons. The largest absolute Gasteiger partial charge is 0.444 e. The second-order valence-electron chi connectivity index (χ2n) is 8.06. The highest BCUT2D eigenvalue weighted by molar-refractivity contribution is 5.99. The lowest BCUT2D eigenvalue weighted by molar-refractivity contribution is -0.143. The minimum Gasteiger partial charge on any atom is -0.444 e. The van der Waals surface area contributed by atoms with Crippen LogP contribution in [0.2, 0.25) is 0 Å². The third-order valence-corrected chi connectivity index (χ3v) is 4.13. The summed E-state index contributed by atoms with van der Waals surface area (Å²) in [6, 6.07) is 7.63. The van der Waals surface area contributed by atoms with Gasteiger partial charge in [0, 0.05) is 0 Å². The van der Waals surface area contributed by atoms with Crippen LogP contribution in [0.5, 0.6) is 0 Å². The van der Waals surface area contributed by atoms with Crippen LogP contribution in [0.3, 0.4) is 0 Å². The monoisotopic (exact) mass is 473 g/mol. The van der Waals surface area contributed by atoms with E-state index in [0.717, 1.165) is 12.2 Å². The number of benzene rings is 2. The molecule has 1 N–H and O–H groups in total. The van der Waals surface area contributed by atoms with Crippen LogP contribution in [0.4, 0.5) is 31.1 Å². The zero-order valence-electron chi connectivity index (χ0n) is 17.8. The standard InChI is InChI=1S/C23H21F6NO3/c1-21(2,3)33-20(32)30-19(15-7-5-4-6-8-15)18(31)10-9-14-11-16(22(24,25)26)13-17(12-14)23(27,28)29/h4-13,19H,1-3H3,(H,30,32)/b10-9+. The second kappa shape index (κ2) is 9.68. The number of carbonyl (C=O) groups excluding carboxylic acids is 2. The van der Waals surface area contributed by atoms with Gasteiger partial charge < -0.3 is 10.1 Å². The van der Waals surface area contributed by atoms with Crippen molar-refractivity contribution in [2.45, 2.75) is 44.8 Å². The number of ketones is 1. The van der Waals surface area contributed by atoms with Gasteiger partial charge in [0.1, 0.15) is 11.6 Å². The van der Waals surface area contributed by atoms with Crippen molar-refractivity contribution < 1.29 is 40.7 Å². The van der Waals surface area contributed by atoms with Crippen molar-refractivity contribution in [3.8, 4) is 0 Å². The van der Waals surface area contributed by atoms with Gasteiger partial charge in [-0.3, -0.25) is 4.79 Å². The number of nitrogens with one attached hydrogen (secondary N) is 1. The number of halogens is 6. The summed E-state index contributed by atoms with van der Waals surface area (Å²) in [4.78, 5) is 25.0. The molecule has 0 saturated heterocycles. The Morgan fingerprint density at radius 2 is 1.39 bits per heavy atom. The zero-order valence-corrected chi connectivity index (χ0v) is 17.8. The number of alkyl halides is 6. The van der Waals surface area contributed by atoms with E-state index in [1.807, 2.05) is 0 Å². The molecule has 1 amide bonds. The maximum atomic E-state index is 13.0. The molecule has 1 atom stereocenters. The van der Waals surface area contributed by atoms with Crippen LogP contribution in [-0.4, -0.2) is 17.5 Å². The van der Waals surface area contributed by atoms with Crippen LogP contribution in [0.15, 0.2) is 54.6 Å². The Morgan fingerprint density at radius 1 is 0.879 bits per heavy atom. The van der Waals surface area contributed by atoms with E-state index in [4.69, 9.17) is 4.74 Å². The van der Waals surface area contributed by atoms with Gasteiger partial charge in [-0.2, -0.15) is 26.3 Å². The highest BCUT2D eigenvalue weighted by Crippen LogP contribution is 2.36. The Bertz CT molecular complexity index is 989. The molecule has 0 aliphatic heterocycles. The van der Waals surface area contributed by atoms with Crippen LogP contribution in [0.25, 0.3) is 6.08 Å². The van der Waals surface area contributed by atoms with E-state index < -0.39 is 52.6 Å². The van der Waals surface area contributed by atoms with E-state index in [-0.39, 0.29) is 6.07 Å². The minimum absolute atomic E-state index is 0.00397. The summed E-state index contributed by atoms with van der Waals surface area (Å²) in [6.45, 7) is 4.83. The summed E-state index contributed by atoms with van der Waals surface area (Å²) < 4.78 is 83.4. The molecule has 33 heavy (non-hydrogen) atoms. The zero-order chi connectivity index (χ0) is 25.0. The van der Waals surface area contributed by atoms with E-state index in [1.165, 1.54) is 12.1 Å². The van der Waals surface area contributed by atoms with Crippen molar-refractivity contribution in [1.29, 1.82) is 0 Å². The first-order chi connectivity index (χ1) is 15.1. The number of amides is 1. The summed E-state index contributed by atoms with van der Waals surface area (Å²) in [5.74, 6) is -0.780. The molecule has 0 saturated carbocycles. The lowest BCUT2D eigenvalue weighted by atomic mass is 10.0. The molecule has 1 unspecified atom stereocenters. The van der Waals surface area contributed by atoms with Gasteiger partial charge >= 0.3 is 18.4 Å². The summed E-state index contributed by atoms with van der Waals surface area (Å²) in [5, 5.41) is 2.38. The second-order valence-corrected chi connectivity index (χ2v) is 8.06. The summed E-state index contributed by atoms with van der Waals surface area (Å²) >= 11 is 0. The van der Waals surface area contributed by atoms with E-state index in [1.54, 1.807) is 39.0 Å². The quantitative estimate of drug-likeness (QED) is 0.395. The van der Waals surface area contributed by atoms with E-state index >= 15 is 0 Å². The Morgan fingerprint density at radius 3 is 1.85 bits per heavy atom. The Labute approximate surface area is 186 Å². The maximum Gasteiger partial charge on any atom is 0.416 e. The van der Waals surface area contributed by atoms with E-state index in [9.17, 15) is 35.9 Å². The fraction of sp³-hybridized carbons (Fsp3) is 0.304. The number of hydrogen-bond donors (Lipinski definition) is 1. The highest BCUT2D eigenvalue weighted by atomic mass is 19.4. The van der Waals surface area contributed by atoms with Crippen molar-refractivity contribution >= 4 is 18.0 Å². The van der Waals surface area contributed by atoms with Crippen molar-refractivity contribution in [3.63, 3.8) is 0 Å². The Kier molecular flexibility index (Phi) is 7.61. The van der Waals surface area contributed by atoms with Crippen LogP contribution < -0.4 is 5.32 Å². The van der Waals surface area contributed by atoms with Crippen LogP contribution in [0, 0.1) is 0 Å². The number of hydrogen-bond acceptors (Lipinski definition) is 3. The van der Waals surface area contributed by atoms with Gasteiger partial charge in [-0.1, -0.05) is 36.4 Å². The molecule has 0 aliphatic carbocycles. The molecule has 4 nitrogen and oxygen atoms in total. The molecule has 178 valence electrons. The summed E-state index contributed by atoms with van der Waals surface area (Å²) in [7, 11) is 0. The molecule has 2 rings (SSSR count). The van der Waals surface area contributed by atoms with Crippen molar-refractivity contribution in [2.24, 2.45) is 0 Å². The van der Waals surface area contributed by atoms with Crippen LogP contribution >= 0.6 is 0 Å². The third kappa shape index (κ3) is 7.96. The molecule has 0 aliphatic rings. The van der Waals surface area contributed by atoms with Crippen LogP contribution in [0.1, 0.15) is 49.1 Å². The molecule has 10 heteroatoms. The number of rotatable bonds is 5. The van der Waals surface area contributed by atoms with Gasteiger partial charge in [-0.25, -0.2) is 4.79 Å². The molecular formula is C23H21F6NO3. The molecule has 2 aromatic rings. The fourth-order valence-electron chi connectivity index (χ4n) is 2.74. The van der Waals surface area contributed by atoms with Gasteiger partial charge in [-0.05, 0) is 56.2 Å². The summed E-state index contributed by atoms with van der Waals surface area (Å²) in [5.41, 5.74) is -4.00. The number of carbonyl (C=O) groups is 2. The maximum absolute atomic E-state index is 13.0. The van der Waals surface area contributed by atoms with E-state index in [2.05, 4.69) is 5.32 Å². The summed E-state index contributed by atoms with van der Waals surface area (Å²) in [6.07, 6.45) is -9.31. The first-order valence-corrected chi connectivity index (χ1v) is 9.62. The van der Waals surface area contributed by atoms with Gasteiger partial charge in [0.15, 0.2) is 5.78 Å². The average molecular weight is 473 g/mol. The minimum atomic E-state index is -5.02. The molecule has 2 aromatic carbocycles. The smallest absolute Gasteiger partial charge is 0.416 e. The van der Waals surface area contributed by atoms with Crippen molar-refractivity contribution in [3.05, 3.63) is 76.9 Å². The Hall–Kier alpha value is -3.30. The predicted molar refractivity (Wildman–Crippen MR) is 109 cm³/mol. The van der Waals surface area contributed by atoms with E-state index in [0.29, 0.717) is 17.7 Å². The predicted octanol–water partition coefficient (Wildman–Crippen LogP) is 6.57. The number of alkyl carbamates (subject to hydrolysis) is 1. The lowest BCUT2D eigenvalue weighted by Gasteiger charge is -2.22. The van der Waals surface area contributed by atoms with Gasteiger partial charge in [0.2, 0.25) is 0 Å². The molecule has 0 aromatic heterocycles. The third-order valence-electron chi connectivity index (χ3n) is 4.13. The molecule has 0 fully saturated rings. The fourth-order valence-corrected chi connectivity index (χ4v) is 2.74. The molecule has 0 heterocycles. The van der Waals surface area contributed by atoms with Crippen LogP contribution in [-0.2, 0) is 21.9 Å². The topological polar surface area (TPSA) is 55.4 Å². The average Bonchev–Trinajstić information content (AvgIpc) is 2.68. The lowest BCUT2D eigenvalue weighted by Crippen LogP contribution is -2.37. The number of ether oxygens (including phenoxy) is 1. The highest BCUT2D eigenvalue weighted by Gasteiger charge is 2.36. The van der Waals surface area contributed by atoms with Crippen molar-refractivity contribution in [2.75, 3.05) is 0 Å². The van der Waals surface area contributed by atoms with Gasteiger partial charge in [-0.15, -0.1) is 0 Å². The van der Waals surface area contributed by atoms with Gasteiger partial charge in [0.25, 0.3) is 0 Å². The Balaban J connectivity index is 2.39.